The normalized spacial score (nSPS) is 10.7. The Kier molecular flexibility index (Phi) is 2.60. The molecule has 0 radical (unpaired) electrons. The van der Waals surface area contributed by atoms with E-state index in [0.717, 1.165) is 5.56 Å². The van der Waals surface area contributed by atoms with E-state index in [4.69, 9.17) is 4.74 Å². The van der Waals surface area contributed by atoms with E-state index in [1.54, 1.807) is 0 Å². The molecule has 0 aliphatic heterocycles. The van der Waals surface area contributed by atoms with E-state index in [2.05, 4.69) is 19.9 Å². The summed E-state index contributed by atoms with van der Waals surface area (Å²) in [5.74, 6) is 0.166. The summed E-state index contributed by atoms with van der Waals surface area (Å²) in [5, 5.41) is 0. The molecule has 0 saturated heterocycles. The molecular weight excluding hydrogens is 235 g/mol. The van der Waals surface area contributed by atoms with Gasteiger partial charge in [-0.25, -0.2) is 4.98 Å². The van der Waals surface area contributed by atoms with Gasteiger partial charge >= 0.3 is 6.08 Å². The van der Waals surface area contributed by atoms with Crippen molar-refractivity contribution in [2.45, 2.75) is 6.61 Å². The number of imidazole rings is 1. The molecule has 18 heavy (non-hydrogen) atoms. The van der Waals surface area contributed by atoms with Gasteiger partial charge in [0, 0.05) is 0 Å². The van der Waals surface area contributed by atoms with Gasteiger partial charge in [-0.2, -0.15) is 14.4 Å². The molecule has 0 bridgehead atoms. The Morgan fingerprint density at radius 2 is 2.00 bits per heavy atom. The number of H-pyrrole nitrogens is 1. The maximum atomic E-state index is 13.1. The van der Waals surface area contributed by atoms with Crippen LogP contribution in [0, 0.1) is 6.08 Å². The van der Waals surface area contributed by atoms with Crippen LogP contribution in [0.15, 0.2) is 36.7 Å². The van der Waals surface area contributed by atoms with Crippen LogP contribution >= 0.6 is 0 Å². The van der Waals surface area contributed by atoms with E-state index in [1.165, 1.54) is 6.33 Å². The SMILES string of the molecule is Fc1nc(OCc2ccccc2)c2[nH]cnc2n1. The van der Waals surface area contributed by atoms with Gasteiger partial charge in [-0.05, 0) is 5.56 Å². The molecule has 0 unspecified atom stereocenters. The number of hydrogen-bond donors (Lipinski definition) is 1. The van der Waals surface area contributed by atoms with Gasteiger partial charge in [0.25, 0.3) is 0 Å². The Bertz CT molecular complexity index is 668. The van der Waals surface area contributed by atoms with Crippen molar-refractivity contribution < 1.29 is 9.13 Å². The third-order valence-corrected chi connectivity index (χ3v) is 2.44. The Morgan fingerprint density at radius 1 is 1.17 bits per heavy atom. The van der Waals surface area contributed by atoms with E-state index >= 15 is 0 Å². The summed E-state index contributed by atoms with van der Waals surface area (Å²) >= 11 is 0. The van der Waals surface area contributed by atoms with Gasteiger partial charge in [0.05, 0.1) is 6.33 Å². The minimum atomic E-state index is -0.849. The Morgan fingerprint density at radius 3 is 2.83 bits per heavy atom. The number of hydrogen-bond acceptors (Lipinski definition) is 4. The molecule has 2 heterocycles. The third kappa shape index (κ3) is 2.00. The minimum Gasteiger partial charge on any atom is -0.471 e. The fraction of sp³-hybridized carbons (Fsp3) is 0.0833. The molecule has 0 saturated carbocycles. The topological polar surface area (TPSA) is 63.7 Å². The molecule has 1 aromatic carbocycles. The van der Waals surface area contributed by atoms with Crippen molar-refractivity contribution in [3.63, 3.8) is 0 Å². The van der Waals surface area contributed by atoms with E-state index < -0.39 is 6.08 Å². The number of benzene rings is 1. The molecule has 6 heteroatoms. The number of ether oxygens (including phenoxy) is 1. The lowest BCUT2D eigenvalue weighted by Crippen LogP contribution is -2.00. The second-order valence-electron chi connectivity index (χ2n) is 3.67. The molecule has 3 aromatic rings. The van der Waals surface area contributed by atoms with Gasteiger partial charge in [0.1, 0.15) is 12.1 Å². The van der Waals surface area contributed by atoms with Crippen molar-refractivity contribution in [2.75, 3.05) is 0 Å². The monoisotopic (exact) mass is 244 g/mol. The average molecular weight is 244 g/mol. The van der Waals surface area contributed by atoms with Crippen LogP contribution in [0.2, 0.25) is 0 Å². The molecule has 90 valence electrons. The van der Waals surface area contributed by atoms with Crippen molar-refractivity contribution in [1.82, 2.24) is 19.9 Å². The van der Waals surface area contributed by atoms with Gasteiger partial charge < -0.3 is 9.72 Å². The largest absolute Gasteiger partial charge is 0.471 e. The summed E-state index contributed by atoms with van der Waals surface area (Å²) in [7, 11) is 0. The van der Waals surface area contributed by atoms with Crippen LogP contribution in [0.1, 0.15) is 5.56 Å². The highest BCUT2D eigenvalue weighted by Crippen LogP contribution is 2.19. The molecule has 0 aliphatic carbocycles. The minimum absolute atomic E-state index is 0.166. The van der Waals surface area contributed by atoms with E-state index in [9.17, 15) is 4.39 Å². The predicted octanol–water partition coefficient (Wildman–Crippen LogP) is 2.07. The third-order valence-electron chi connectivity index (χ3n) is 2.44. The molecule has 5 nitrogen and oxygen atoms in total. The number of nitrogens with one attached hydrogen (secondary N) is 1. The van der Waals surface area contributed by atoms with Crippen LogP contribution in [0.5, 0.6) is 5.88 Å². The standard InChI is InChI=1S/C12H9FN4O/c13-12-16-10-9(14-7-15-10)11(17-12)18-6-8-4-2-1-3-5-8/h1-5,7H,6H2,(H,14,15,16,17). The van der Waals surface area contributed by atoms with Gasteiger partial charge in [0.2, 0.25) is 5.88 Å². The molecule has 2 aromatic heterocycles. The van der Waals surface area contributed by atoms with E-state index in [0.29, 0.717) is 12.1 Å². The Hall–Kier alpha value is -2.50. The van der Waals surface area contributed by atoms with Gasteiger partial charge in [0.15, 0.2) is 5.65 Å². The molecule has 1 N–H and O–H groups in total. The fourth-order valence-electron chi connectivity index (χ4n) is 1.61. The first-order valence-electron chi connectivity index (χ1n) is 5.36. The lowest BCUT2D eigenvalue weighted by atomic mass is 10.2. The molecule has 0 amide bonds. The first-order valence-corrected chi connectivity index (χ1v) is 5.36. The second kappa shape index (κ2) is 4.40. The van der Waals surface area contributed by atoms with E-state index in [1.807, 2.05) is 30.3 Å². The van der Waals surface area contributed by atoms with Crippen molar-refractivity contribution in [3.8, 4) is 5.88 Å². The van der Waals surface area contributed by atoms with Crippen molar-refractivity contribution in [3.05, 3.63) is 48.3 Å². The summed E-state index contributed by atoms with van der Waals surface area (Å²) in [6, 6.07) is 9.57. The maximum absolute atomic E-state index is 13.1. The Labute approximate surface area is 102 Å². The van der Waals surface area contributed by atoms with Gasteiger partial charge in [-0.1, -0.05) is 30.3 Å². The van der Waals surface area contributed by atoms with Crippen LogP contribution in [0.4, 0.5) is 4.39 Å². The fourth-order valence-corrected chi connectivity index (χ4v) is 1.61. The van der Waals surface area contributed by atoms with Crippen LogP contribution < -0.4 is 4.74 Å². The maximum Gasteiger partial charge on any atom is 0.314 e. The Balaban J connectivity index is 1.88. The highest BCUT2D eigenvalue weighted by Gasteiger charge is 2.10. The highest BCUT2D eigenvalue weighted by molar-refractivity contribution is 5.74. The van der Waals surface area contributed by atoms with Crippen LogP contribution in [-0.4, -0.2) is 19.9 Å². The zero-order chi connectivity index (χ0) is 12.4. The molecule has 0 aliphatic rings. The molecule has 3 rings (SSSR count). The quantitative estimate of drug-likeness (QED) is 0.716. The second-order valence-corrected chi connectivity index (χ2v) is 3.67. The summed E-state index contributed by atoms with van der Waals surface area (Å²) in [4.78, 5) is 13.9. The van der Waals surface area contributed by atoms with Crippen molar-refractivity contribution in [1.29, 1.82) is 0 Å². The summed E-state index contributed by atoms with van der Waals surface area (Å²) < 4.78 is 18.6. The first kappa shape index (κ1) is 10.6. The zero-order valence-corrected chi connectivity index (χ0v) is 9.30. The smallest absolute Gasteiger partial charge is 0.314 e. The number of nitrogens with zero attached hydrogens (tertiary/aromatic N) is 3. The van der Waals surface area contributed by atoms with Crippen LogP contribution in [0.3, 0.4) is 0 Å². The molecular formula is C12H9FN4O. The number of rotatable bonds is 3. The van der Waals surface area contributed by atoms with E-state index in [-0.39, 0.29) is 11.5 Å². The van der Waals surface area contributed by atoms with Crippen LogP contribution in [-0.2, 0) is 6.61 Å². The van der Waals surface area contributed by atoms with Crippen molar-refractivity contribution in [2.24, 2.45) is 0 Å². The van der Waals surface area contributed by atoms with Crippen molar-refractivity contribution >= 4 is 11.2 Å². The van der Waals surface area contributed by atoms with Crippen LogP contribution in [0.25, 0.3) is 11.2 Å². The molecule has 0 atom stereocenters. The summed E-state index contributed by atoms with van der Waals surface area (Å²) in [6.07, 6.45) is 0.575. The molecule has 0 fully saturated rings. The predicted molar refractivity (Wildman–Crippen MR) is 62.4 cm³/mol. The number of fused-ring (bicyclic) bond motifs is 1. The lowest BCUT2D eigenvalue weighted by Gasteiger charge is -2.05. The number of aromatic amines is 1. The lowest BCUT2D eigenvalue weighted by molar-refractivity contribution is 0.291. The van der Waals surface area contributed by atoms with Gasteiger partial charge in [-0.15, -0.1) is 0 Å². The number of halogens is 1. The first-order chi connectivity index (χ1) is 8.83. The number of aromatic nitrogens is 4. The molecule has 0 spiro atoms. The van der Waals surface area contributed by atoms with Gasteiger partial charge in [-0.3, -0.25) is 0 Å². The highest BCUT2D eigenvalue weighted by atomic mass is 19.1. The summed E-state index contributed by atoms with van der Waals surface area (Å²) in [5.41, 5.74) is 1.72. The summed E-state index contributed by atoms with van der Waals surface area (Å²) in [6.45, 7) is 0.311. The zero-order valence-electron chi connectivity index (χ0n) is 9.30. The average Bonchev–Trinajstić information content (AvgIpc) is 2.85.